The van der Waals surface area contributed by atoms with Gasteiger partial charge in [-0.2, -0.15) is 0 Å². The van der Waals surface area contributed by atoms with Crippen LogP contribution in [0.1, 0.15) is 26.5 Å². The second-order valence-corrected chi connectivity index (χ2v) is 6.46. The number of ether oxygens (including phenoxy) is 1. The molecule has 0 spiro atoms. The molecule has 0 aromatic carbocycles. The highest BCUT2D eigenvalue weighted by Gasteiger charge is 2.25. The molecule has 0 unspecified atom stereocenters. The van der Waals surface area contributed by atoms with Crippen molar-refractivity contribution in [1.82, 2.24) is 19.8 Å². The van der Waals surface area contributed by atoms with Crippen LogP contribution in [0.15, 0.2) is 12.4 Å². The normalized spacial score (nSPS) is 16.9. The highest BCUT2D eigenvalue weighted by Crippen LogP contribution is 2.13. The van der Waals surface area contributed by atoms with E-state index in [1.807, 2.05) is 20.8 Å². The Kier molecular flexibility index (Phi) is 5.00. The van der Waals surface area contributed by atoms with Crippen LogP contribution in [0.2, 0.25) is 5.15 Å². The van der Waals surface area contributed by atoms with E-state index in [2.05, 4.69) is 14.9 Å². The van der Waals surface area contributed by atoms with Crippen LogP contribution in [0.3, 0.4) is 0 Å². The lowest BCUT2D eigenvalue weighted by atomic mass is 10.2. The van der Waals surface area contributed by atoms with Crippen molar-refractivity contribution in [3.63, 3.8) is 0 Å². The lowest BCUT2D eigenvalue weighted by Gasteiger charge is -2.35. The van der Waals surface area contributed by atoms with E-state index in [4.69, 9.17) is 16.3 Å². The fraction of sp³-hybridized carbons (Fsp3) is 0.643. The minimum atomic E-state index is -0.451. The molecule has 0 atom stereocenters. The number of halogens is 1. The van der Waals surface area contributed by atoms with E-state index in [1.54, 1.807) is 17.3 Å². The molecule has 2 heterocycles. The zero-order valence-corrected chi connectivity index (χ0v) is 13.4. The number of carbonyl (C=O) groups is 1. The lowest BCUT2D eigenvalue weighted by molar-refractivity contribution is 0.0138. The quantitative estimate of drug-likeness (QED) is 0.837. The van der Waals surface area contributed by atoms with Gasteiger partial charge in [-0.05, 0) is 20.8 Å². The second-order valence-electron chi connectivity index (χ2n) is 6.07. The van der Waals surface area contributed by atoms with Crippen LogP contribution in [-0.2, 0) is 11.3 Å². The summed E-state index contributed by atoms with van der Waals surface area (Å²) < 4.78 is 5.38. The number of piperazine rings is 1. The summed E-state index contributed by atoms with van der Waals surface area (Å²) in [5.41, 5.74) is 0.428. The largest absolute Gasteiger partial charge is 0.444 e. The number of hydrogen-bond acceptors (Lipinski definition) is 5. The van der Waals surface area contributed by atoms with Crippen molar-refractivity contribution in [1.29, 1.82) is 0 Å². The Balaban J connectivity index is 1.80. The third-order valence-corrected chi connectivity index (χ3v) is 3.28. The van der Waals surface area contributed by atoms with Crippen molar-refractivity contribution in [2.75, 3.05) is 26.2 Å². The zero-order chi connectivity index (χ0) is 15.5. The molecule has 1 aliphatic rings. The summed E-state index contributed by atoms with van der Waals surface area (Å²) in [6, 6.07) is 0. The van der Waals surface area contributed by atoms with Crippen molar-refractivity contribution in [2.24, 2.45) is 0 Å². The molecule has 1 aliphatic heterocycles. The Morgan fingerprint density at radius 2 is 1.90 bits per heavy atom. The van der Waals surface area contributed by atoms with Crippen LogP contribution < -0.4 is 0 Å². The number of hydrogen-bond donors (Lipinski definition) is 0. The molecule has 21 heavy (non-hydrogen) atoms. The minimum Gasteiger partial charge on any atom is -0.444 e. The van der Waals surface area contributed by atoms with E-state index >= 15 is 0 Å². The summed E-state index contributed by atoms with van der Waals surface area (Å²) in [5, 5.41) is 0.397. The summed E-state index contributed by atoms with van der Waals surface area (Å²) in [6.07, 6.45) is 2.99. The first-order chi connectivity index (χ1) is 9.83. The molecule has 1 aromatic rings. The molecule has 0 aliphatic carbocycles. The maximum Gasteiger partial charge on any atom is 0.410 e. The minimum absolute atomic E-state index is 0.242. The van der Waals surface area contributed by atoms with Gasteiger partial charge < -0.3 is 9.64 Å². The number of aromatic nitrogens is 2. The Labute approximate surface area is 130 Å². The molecule has 1 fully saturated rings. The monoisotopic (exact) mass is 312 g/mol. The van der Waals surface area contributed by atoms with E-state index in [1.165, 1.54) is 0 Å². The highest BCUT2D eigenvalue weighted by atomic mass is 35.5. The molecule has 6 nitrogen and oxygen atoms in total. The van der Waals surface area contributed by atoms with Gasteiger partial charge in [0.1, 0.15) is 10.8 Å². The first kappa shape index (κ1) is 16.0. The van der Waals surface area contributed by atoms with Gasteiger partial charge in [-0.25, -0.2) is 9.78 Å². The van der Waals surface area contributed by atoms with Gasteiger partial charge in [-0.15, -0.1) is 0 Å². The first-order valence-corrected chi connectivity index (χ1v) is 7.38. The van der Waals surface area contributed by atoms with Gasteiger partial charge in [0.05, 0.1) is 18.1 Å². The van der Waals surface area contributed by atoms with Crippen LogP contribution in [0.25, 0.3) is 0 Å². The van der Waals surface area contributed by atoms with E-state index in [0.29, 0.717) is 24.8 Å². The van der Waals surface area contributed by atoms with Crippen LogP contribution in [0.5, 0.6) is 0 Å². The Bertz CT molecular complexity index is 479. The van der Waals surface area contributed by atoms with Gasteiger partial charge in [0.2, 0.25) is 0 Å². The maximum atomic E-state index is 12.0. The molecule has 0 saturated carbocycles. The van der Waals surface area contributed by atoms with Gasteiger partial charge in [-0.3, -0.25) is 9.88 Å². The van der Waals surface area contributed by atoms with Crippen LogP contribution >= 0.6 is 11.6 Å². The molecule has 116 valence electrons. The standard InChI is InChI=1S/C14H21ClN4O2/c1-14(2,3)21-13(20)19-6-4-18(5-7-19)10-11-8-17-12(15)9-16-11/h8-9H,4-7,10H2,1-3H3. The zero-order valence-electron chi connectivity index (χ0n) is 12.7. The van der Waals surface area contributed by atoms with Crippen molar-refractivity contribution in [3.8, 4) is 0 Å². The van der Waals surface area contributed by atoms with Crippen molar-refractivity contribution < 1.29 is 9.53 Å². The number of rotatable bonds is 2. The van der Waals surface area contributed by atoms with Crippen molar-refractivity contribution in [3.05, 3.63) is 23.2 Å². The van der Waals surface area contributed by atoms with Crippen molar-refractivity contribution in [2.45, 2.75) is 32.9 Å². The molecule has 0 radical (unpaired) electrons. The van der Waals surface area contributed by atoms with Gasteiger partial charge in [-0.1, -0.05) is 11.6 Å². The third-order valence-electron chi connectivity index (χ3n) is 3.08. The smallest absolute Gasteiger partial charge is 0.410 e. The van der Waals surface area contributed by atoms with E-state index < -0.39 is 5.60 Å². The van der Waals surface area contributed by atoms with Crippen LogP contribution in [0, 0.1) is 0 Å². The Hall–Kier alpha value is -1.40. The van der Waals surface area contributed by atoms with Gasteiger partial charge >= 0.3 is 6.09 Å². The molecular formula is C14H21ClN4O2. The SMILES string of the molecule is CC(C)(C)OC(=O)N1CCN(Cc2cnc(Cl)cn2)CC1. The number of carbonyl (C=O) groups excluding carboxylic acids is 1. The average Bonchev–Trinajstić information content (AvgIpc) is 2.40. The summed E-state index contributed by atoms with van der Waals surface area (Å²) in [6.45, 7) is 9.26. The van der Waals surface area contributed by atoms with E-state index in [9.17, 15) is 4.79 Å². The topological polar surface area (TPSA) is 58.6 Å². The van der Waals surface area contributed by atoms with Gasteiger partial charge in [0.15, 0.2) is 0 Å². The fourth-order valence-corrected chi connectivity index (χ4v) is 2.16. The van der Waals surface area contributed by atoms with Crippen molar-refractivity contribution >= 4 is 17.7 Å². The van der Waals surface area contributed by atoms with Gasteiger partial charge in [0, 0.05) is 32.7 Å². The summed E-state index contributed by atoms with van der Waals surface area (Å²) >= 11 is 5.72. The average molecular weight is 313 g/mol. The summed E-state index contributed by atoms with van der Waals surface area (Å²) in [5.74, 6) is 0. The lowest BCUT2D eigenvalue weighted by Crippen LogP contribution is -2.49. The van der Waals surface area contributed by atoms with E-state index in [-0.39, 0.29) is 6.09 Å². The molecule has 0 N–H and O–H groups in total. The van der Waals surface area contributed by atoms with Crippen LogP contribution in [0.4, 0.5) is 4.79 Å². The second kappa shape index (κ2) is 6.58. The Morgan fingerprint density at radius 1 is 1.24 bits per heavy atom. The summed E-state index contributed by atoms with van der Waals surface area (Å²) in [7, 11) is 0. The summed E-state index contributed by atoms with van der Waals surface area (Å²) in [4.78, 5) is 24.2. The predicted molar refractivity (Wildman–Crippen MR) is 80.1 cm³/mol. The van der Waals surface area contributed by atoms with Gasteiger partial charge in [0.25, 0.3) is 0 Å². The molecule has 1 amide bonds. The number of amides is 1. The molecule has 1 aromatic heterocycles. The predicted octanol–water partition coefficient (Wildman–Crippen LogP) is 2.18. The molecule has 2 rings (SSSR count). The maximum absolute atomic E-state index is 12.0. The number of nitrogens with zero attached hydrogens (tertiary/aromatic N) is 4. The third kappa shape index (κ3) is 5.13. The fourth-order valence-electron chi connectivity index (χ4n) is 2.06. The highest BCUT2D eigenvalue weighted by molar-refractivity contribution is 6.29. The molecule has 7 heteroatoms. The van der Waals surface area contributed by atoms with Crippen LogP contribution in [-0.4, -0.2) is 57.6 Å². The first-order valence-electron chi connectivity index (χ1n) is 7.00. The van der Waals surface area contributed by atoms with E-state index in [0.717, 1.165) is 18.8 Å². The molecular weight excluding hydrogens is 292 g/mol. The molecule has 0 bridgehead atoms. The Morgan fingerprint density at radius 3 is 2.43 bits per heavy atom. The molecule has 1 saturated heterocycles.